The number of carbonyl (C=O) groups is 3. The molecule has 3 amide bonds. The van der Waals surface area contributed by atoms with Crippen molar-refractivity contribution in [2.24, 2.45) is 0 Å². The first-order valence-corrected chi connectivity index (χ1v) is 11.3. The predicted molar refractivity (Wildman–Crippen MR) is 114 cm³/mol. The van der Waals surface area contributed by atoms with Crippen LogP contribution < -0.4 is 5.32 Å². The summed E-state index contributed by atoms with van der Waals surface area (Å²) in [6.45, 7) is 3.81. The third-order valence-corrected chi connectivity index (χ3v) is 5.83. The predicted octanol–water partition coefficient (Wildman–Crippen LogP) is 2.93. The zero-order valence-corrected chi connectivity index (χ0v) is 18.4. The molecule has 0 aromatic heterocycles. The van der Waals surface area contributed by atoms with E-state index in [1.165, 1.54) is 6.07 Å². The average molecular weight is 446 g/mol. The van der Waals surface area contributed by atoms with Gasteiger partial charge in [-0.05, 0) is 36.6 Å². The molecule has 1 saturated heterocycles. The second-order valence-electron chi connectivity index (χ2n) is 6.49. The lowest BCUT2D eigenvalue weighted by molar-refractivity contribution is -0.140. The normalized spacial score (nSPS) is 15.3. The van der Waals surface area contributed by atoms with Gasteiger partial charge in [-0.15, -0.1) is 0 Å². The summed E-state index contributed by atoms with van der Waals surface area (Å²) in [4.78, 5) is 41.0. The molecule has 2 rings (SSSR count). The summed E-state index contributed by atoms with van der Waals surface area (Å²) in [5, 5.41) is 3.50. The number of thioether (sulfide) groups is 1. The van der Waals surface area contributed by atoms with Crippen LogP contribution in [0.3, 0.4) is 0 Å². The first-order valence-electron chi connectivity index (χ1n) is 9.18. The molecule has 0 radical (unpaired) electrons. The molecule has 6 nitrogen and oxygen atoms in total. The molecule has 0 spiro atoms. The number of carbonyl (C=O) groups excluding carboxylic acids is 3. The maximum Gasteiger partial charge on any atom is 0.253 e. The largest absolute Gasteiger partial charge is 0.340 e. The van der Waals surface area contributed by atoms with E-state index in [1.807, 2.05) is 13.2 Å². The lowest BCUT2D eigenvalue weighted by Crippen LogP contribution is -2.56. The standard InChI is InChI=1S/C19H25Cl2N3O3S/c1-3-17(25)23-7-9-24(10-8-23)19(27)16(6-11-28-2)22-18(26)14-5-4-13(20)12-15(14)21/h4-5,12,16H,3,6-11H2,1-2H3,(H,22,26). The zero-order valence-electron chi connectivity index (χ0n) is 16.0. The fraction of sp³-hybridized carbons (Fsp3) is 0.526. The number of hydrogen-bond acceptors (Lipinski definition) is 4. The molecule has 1 aromatic rings. The Hall–Kier alpha value is -1.44. The minimum absolute atomic E-state index is 0.0942. The van der Waals surface area contributed by atoms with Gasteiger partial charge >= 0.3 is 0 Å². The molecule has 0 aliphatic carbocycles. The number of hydrogen-bond donors (Lipinski definition) is 1. The van der Waals surface area contributed by atoms with Gasteiger partial charge in [-0.25, -0.2) is 0 Å². The van der Waals surface area contributed by atoms with Crippen molar-refractivity contribution in [3.63, 3.8) is 0 Å². The molecular weight excluding hydrogens is 421 g/mol. The molecule has 154 valence electrons. The van der Waals surface area contributed by atoms with Crippen LogP contribution in [-0.4, -0.2) is 71.8 Å². The van der Waals surface area contributed by atoms with Crippen molar-refractivity contribution in [1.82, 2.24) is 15.1 Å². The first-order chi connectivity index (χ1) is 13.4. The fourth-order valence-electron chi connectivity index (χ4n) is 3.02. The maximum atomic E-state index is 13.0. The summed E-state index contributed by atoms with van der Waals surface area (Å²) in [7, 11) is 0. The van der Waals surface area contributed by atoms with E-state index in [-0.39, 0.29) is 22.4 Å². The molecule has 0 bridgehead atoms. The van der Waals surface area contributed by atoms with Crippen LogP contribution in [-0.2, 0) is 9.59 Å². The second-order valence-corrected chi connectivity index (χ2v) is 8.32. The van der Waals surface area contributed by atoms with Crippen molar-refractivity contribution in [3.05, 3.63) is 33.8 Å². The van der Waals surface area contributed by atoms with Gasteiger partial charge in [-0.1, -0.05) is 30.1 Å². The Balaban J connectivity index is 2.05. The van der Waals surface area contributed by atoms with E-state index in [0.29, 0.717) is 44.0 Å². The van der Waals surface area contributed by atoms with E-state index in [4.69, 9.17) is 23.2 Å². The Labute approximate surface area is 179 Å². The molecule has 9 heteroatoms. The minimum Gasteiger partial charge on any atom is -0.340 e. The van der Waals surface area contributed by atoms with Crippen LogP contribution in [0.5, 0.6) is 0 Å². The van der Waals surface area contributed by atoms with Crippen LogP contribution in [0.15, 0.2) is 18.2 Å². The molecule has 1 atom stereocenters. The number of benzene rings is 1. The number of amides is 3. The smallest absolute Gasteiger partial charge is 0.253 e. The van der Waals surface area contributed by atoms with E-state index in [2.05, 4.69) is 5.32 Å². The quantitative estimate of drug-likeness (QED) is 0.700. The number of halogens is 2. The van der Waals surface area contributed by atoms with Gasteiger partial charge in [-0.2, -0.15) is 11.8 Å². The third-order valence-electron chi connectivity index (χ3n) is 4.64. The number of piperazine rings is 1. The lowest BCUT2D eigenvalue weighted by atomic mass is 10.1. The van der Waals surface area contributed by atoms with Crippen molar-refractivity contribution in [1.29, 1.82) is 0 Å². The highest BCUT2D eigenvalue weighted by Gasteiger charge is 2.30. The monoisotopic (exact) mass is 445 g/mol. The fourth-order valence-corrected chi connectivity index (χ4v) is 3.99. The topological polar surface area (TPSA) is 69.7 Å². The van der Waals surface area contributed by atoms with Gasteiger partial charge in [0.25, 0.3) is 5.91 Å². The molecule has 1 aromatic carbocycles. The van der Waals surface area contributed by atoms with Crippen molar-refractivity contribution in [2.75, 3.05) is 38.2 Å². The average Bonchev–Trinajstić information content (AvgIpc) is 2.69. The number of nitrogens with zero attached hydrogens (tertiary/aromatic N) is 2. The number of rotatable bonds is 7. The van der Waals surface area contributed by atoms with Crippen molar-refractivity contribution >= 4 is 52.7 Å². The second kappa shape index (κ2) is 10.9. The molecule has 1 aliphatic rings. The van der Waals surface area contributed by atoms with Crippen LogP contribution in [0.25, 0.3) is 0 Å². The first kappa shape index (κ1) is 22.8. The highest BCUT2D eigenvalue weighted by molar-refractivity contribution is 7.98. The Morgan fingerprint density at radius 3 is 2.36 bits per heavy atom. The van der Waals surface area contributed by atoms with E-state index in [9.17, 15) is 14.4 Å². The Morgan fingerprint density at radius 2 is 1.79 bits per heavy atom. The van der Waals surface area contributed by atoms with Crippen LogP contribution in [0, 0.1) is 0 Å². The van der Waals surface area contributed by atoms with Gasteiger partial charge in [0.15, 0.2) is 0 Å². The molecule has 1 unspecified atom stereocenters. The van der Waals surface area contributed by atoms with Crippen molar-refractivity contribution in [3.8, 4) is 0 Å². The van der Waals surface area contributed by atoms with E-state index >= 15 is 0 Å². The summed E-state index contributed by atoms with van der Waals surface area (Å²) in [5.41, 5.74) is 0.284. The summed E-state index contributed by atoms with van der Waals surface area (Å²) < 4.78 is 0. The molecule has 1 N–H and O–H groups in total. The Morgan fingerprint density at radius 1 is 1.14 bits per heavy atom. The van der Waals surface area contributed by atoms with Gasteiger partial charge in [0.1, 0.15) is 6.04 Å². The Bertz CT molecular complexity index is 724. The van der Waals surface area contributed by atoms with E-state index in [1.54, 1.807) is 33.7 Å². The van der Waals surface area contributed by atoms with Gasteiger partial charge in [0, 0.05) is 37.6 Å². The minimum atomic E-state index is -0.639. The molecule has 1 fully saturated rings. The molecular formula is C19H25Cl2N3O3S. The molecule has 0 saturated carbocycles. The van der Waals surface area contributed by atoms with Crippen LogP contribution in [0.2, 0.25) is 10.0 Å². The van der Waals surface area contributed by atoms with Gasteiger partial charge in [-0.3, -0.25) is 14.4 Å². The van der Waals surface area contributed by atoms with Gasteiger partial charge in [0.05, 0.1) is 10.6 Å². The molecule has 28 heavy (non-hydrogen) atoms. The SMILES string of the molecule is CCC(=O)N1CCN(C(=O)C(CCSC)NC(=O)c2ccc(Cl)cc2Cl)CC1. The lowest BCUT2D eigenvalue weighted by Gasteiger charge is -2.36. The van der Waals surface area contributed by atoms with Gasteiger partial charge in [0.2, 0.25) is 11.8 Å². The summed E-state index contributed by atoms with van der Waals surface area (Å²) >= 11 is 13.6. The Kier molecular flexibility index (Phi) is 8.92. The van der Waals surface area contributed by atoms with Gasteiger partial charge < -0.3 is 15.1 Å². The van der Waals surface area contributed by atoms with Crippen LogP contribution in [0.4, 0.5) is 0 Å². The van der Waals surface area contributed by atoms with Crippen LogP contribution >= 0.6 is 35.0 Å². The third kappa shape index (κ3) is 6.03. The van der Waals surface area contributed by atoms with E-state index < -0.39 is 11.9 Å². The highest BCUT2D eigenvalue weighted by atomic mass is 35.5. The zero-order chi connectivity index (χ0) is 20.7. The molecule has 1 heterocycles. The van der Waals surface area contributed by atoms with E-state index in [0.717, 1.165) is 5.75 Å². The summed E-state index contributed by atoms with van der Waals surface area (Å²) in [5.74, 6) is 0.299. The van der Waals surface area contributed by atoms with Crippen LogP contribution in [0.1, 0.15) is 30.1 Å². The molecule has 1 aliphatic heterocycles. The maximum absolute atomic E-state index is 13.0. The summed E-state index contributed by atoms with van der Waals surface area (Å²) in [6, 6.07) is 4.00. The highest BCUT2D eigenvalue weighted by Crippen LogP contribution is 2.21. The summed E-state index contributed by atoms with van der Waals surface area (Å²) in [6.07, 6.45) is 2.93. The number of nitrogens with one attached hydrogen (secondary N) is 1. The van der Waals surface area contributed by atoms with Crippen molar-refractivity contribution < 1.29 is 14.4 Å². The van der Waals surface area contributed by atoms with Crippen molar-refractivity contribution in [2.45, 2.75) is 25.8 Å².